The Balaban J connectivity index is 1.68. The molecule has 1 aromatic heterocycles. The zero-order valence-electron chi connectivity index (χ0n) is 23.9. The average molecular weight is 571 g/mol. The lowest BCUT2D eigenvalue weighted by atomic mass is 9.84. The van der Waals surface area contributed by atoms with Crippen molar-refractivity contribution in [3.8, 4) is 28.4 Å². The monoisotopic (exact) mass is 570 g/mol. The summed E-state index contributed by atoms with van der Waals surface area (Å²) in [7, 11) is 4.43. The van der Waals surface area contributed by atoms with Crippen molar-refractivity contribution < 1.29 is 28.6 Å². The number of hydrogen-bond donors (Lipinski definition) is 2. The predicted molar refractivity (Wildman–Crippen MR) is 158 cm³/mol. The summed E-state index contributed by atoms with van der Waals surface area (Å²) in [6.45, 7) is 0. The van der Waals surface area contributed by atoms with Gasteiger partial charge in [-0.05, 0) is 54.5 Å². The van der Waals surface area contributed by atoms with Crippen molar-refractivity contribution in [3.63, 3.8) is 0 Å². The summed E-state index contributed by atoms with van der Waals surface area (Å²) in [5.41, 5.74) is 7.82. The number of ether oxygens (including phenoxy) is 3. The molecular weight excluding hydrogens is 536 g/mol. The van der Waals surface area contributed by atoms with Gasteiger partial charge in [-0.15, -0.1) is 0 Å². The summed E-state index contributed by atoms with van der Waals surface area (Å²) in [4.78, 5) is 38.7. The third-order valence-corrected chi connectivity index (χ3v) is 7.88. The second-order valence-electron chi connectivity index (χ2n) is 10.3. The van der Waals surface area contributed by atoms with Crippen LogP contribution in [0.3, 0.4) is 0 Å². The van der Waals surface area contributed by atoms with Gasteiger partial charge < -0.3 is 25.3 Å². The van der Waals surface area contributed by atoms with Crippen LogP contribution in [0.2, 0.25) is 0 Å². The number of carbonyl (C=O) groups excluding carboxylic acids is 3. The Kier molecular flexibility index (Phi) is 8.42. The van der Waals surface area contributed by atoms with E-state index in [1.807, 2.05) is 24.3 Å². The lowest BCUT2D eigenvalue weighted by Crippen LogP contribution is -2.47. The Hall–Kier alpha value is -4.86. The fourth-order valence-electron chi connectivity index (χ4n) is 5.82. The molecule has 1 saturated carbocycles. The molecule has 1 fully saturated rings. The van der Waals surface area contributed by atoms with Crippen LogP contribution in [0.1, 0.15) is 53.0 Å². The predicted octanol–water partition coefficient (Wildman–Crippen LogP) is 4.66. The third-order valence-electron chi connectivity index (χ3n) is 7.88. The maximum Gasteiger partial charge on any atom is 0.328 e. The van der Waals surface area contributed by atoms with Crippen LogP contribution < -0.4 is 20.5 Å². The van der Waals surface area contributed by atoms with Crippen molar-refractivity contribution in [2.75, 3.05) is 21.3 Å². The lowest BCUT2D eigenvalue weighted by Gasteiger charge is -2.28. The first kappa shape index (κ1) is 28.7. The molecule has 1 aliphatic rings. The largest absolute Gasteiger partial charge is 0.496 e. The second-order valence-corrected chi connectivity index (χ2v) is 10.3. The molecule has 0 saturated heterocycles. The summed E-state index contributed by atoms with van der Waals surface area (Å²) >= 11 is 0. The van der Waals surface area contributed by atoms with E-state index in [0.29, 0.717) is 44.8 Å². The molecule has 1 heterocycles. The van der Waals surface area contributed by atoms with Crippen LogP contribution in [0.15, 0.2) is 60.7 Å². The molecule has 1 atom stereocenters. The van der Waals surface area contributed by atoms with Gasteiger partial charge in [-0.1, -0.05) is 49.6 Å². The molecule has 4 aromatic rings. The number of esters is 1. The Morgan fingerprint density at radius 1 is 0.905 bits per heavy atom. The van der Waals surface area contributed by atoms with E-state index in [1.54, 1.807) is 55.3 Å². The lowest BCUT2D eigenvalue weighted by molar-refractivity contribution is -0.144. The van der Waals surface area contributed by atoms with Crippen molar-refractivity contribution in [2.24, 2.45) is 11.7 Å². The standard InChI is InChI=1S/C32H34N4O6/c1-40-26-14-9-15-27(41-2)28(26)25-18-23(31(38)34-29(32(39)42-3)19-10-5-4-6-11-19)35-36(25)24-17-16-22(30(33)37)20-12-7-8-13-21(20)24/h7-9,12-19,29H,4-6,10-11H2,1-3H3,(H2,33,37)(H,34,38). The Bertz CT molecular complexity index is 1620. The molecule has 1 aliphatic carbocycles. The van der Waals surface area contributed by atoms with Gasteiger partial charge in [0.05, 0.1) is 38.3 Å². The van der Waals surface area contributed by atoms with Gasteiger partial charge in [0, 0.05) is 10.9 Å². The van der Waals surface area contributed by atoms with E-state index in [0.717, 1.165) is 32.1 Å². The van der Waals surface area contributed by atoms with E-state index < -0.39 is 23.8 Å². The summed E-state index contributed by atoms with van der Waals surface area (Å²) < 4.78 is 18.1. The highest BCUT2D eigenvalue weighted by atomic mass is 16.5. The maximum absolute atomic E-state index is 13.7. The van der Waals surface area contributed by atoms with Crippen molar-refractivity contribution in [2.45, 2.75) is 38.1 Å². The number of amides is 2. The van der Waals surface area contributed by atoms with Crippen LogP contribution in [0.5, 0.6) is 11.5 Å². The summed E-state index contributed by atoms with van der Waals surface area (Å²) in [6, 6.07) is 17.0. The van der Waals surface area contributed by atoms with Crippen LogP contribution in [0.25, 0.3) is 27.7 Å². The molecule has 10 nitrogen and oxygen atoms in total. The van der Waals surface area contributed by atoms with Crippen molar-refractivity contribution in [3.05, 3.63) is 71.9 Å². The van der Waals surface area contributed by atoms with Crippen molar-refractivity contribution in [1.82, 2.24) is 15.1 Å². The van der Waals surface area contributed by atoms with Gasteiger partial charge in [0.15, 0.2) is 5.69 Å². The number of primary amides is 1. The second kappa shape index (κ2) is 12.3. The van der Waals surface area contributed by atoms with Gasteiger partial charge in [-0.2, -0.15) is 5.10 Å². The van der Waals surface area contributed by atoms with Crippen LogP contribution >= 0.6 is 0 Å². The molecule has 0 radical (unpaired) electrons. The maximum atomic E-state index is 13.7. The quantitative estimate of drug-likeness (QED) is 0.280. The molecule has 3 N–H and O–H groups in total. The highest BCUT2D eigenvalue weighted by Gasteiger charge is 2.33. The molecule has 42 heavy (non-hydrogen) atoms. The normalized spacial score (nSPS) is 14.3. The molecule has 0 spiro atoms. The van der Waals surface area contributed by atoms with Gasteiger partial charge in [0.25, 0.3) is 5.91 Å². The van der Waals surface area contributed by atoms with Crippen LogP contribution in [0, 0.1) is 5.92 Å². The molecule has 10 heteroatoms. The van der Waals surface area contributed by atoms with Crippen LogP contribution in [-0.4, -0.2) is 54.9 Å². The number of nitrogens with two attached hydrogens (primary N) is 1. The van der Waals surface area contributed by atoms with E-state index in [-0.39, 0.29) is 11.6 Å². The Labute approximate surface area is 243 Å². The Morgan fingerprint density at radius 2 is 1.57 bits per heavy atom. The van der Waals surface area contributed by atoms with Gasteiger partial charge >= 0.3 is 5.97 Å². The highest BCUT2D eigenvalue weighted by Crippen LogP contribution is 2.40. The molecule has 1 unspecified atom stereocenters. The number of benzene rings is 3. The fraction of sp³-hybridized carbons (Fsp3) is 0.312. The first-order valence-electron chi connectivity index (χ1n) is 13.9. The molecule has 0 bridgehead atoms. The van der Waals surface area contributed by atoms with Crippen LogP contribution in [0.4, 0.5) is 0 Å². The molecule has 3 aromatic carbocycles. The van der Waals surface area contributed by atoms with E-state index >= 15 is 0 Å². The minimum atomic E-state index is -0.784. The van der Waals surface area contributed by atoms with E-state index in [9.17, 15) is 14.4 Å². The highest BCUT2D eigenvalue weighted by molar-refractivity contribution is 6.08. The molecule has 0 aliphatic heterocycles. The van der Waals surface area contributed by atoms with Crippen molar-refractivity contribution >= 4 is 28.6 Å². The first-order chi connectivity index (χ1) is 20.4. The summed E-state index contributed by atoms with van der Waals surface area (Å²) in [6.07, 6.45) is 4.76. The molecular formula is C32H34N4O6. The van der Waals surface area contributed by atoms with E-state index in [1.165, 1.54) is 7.11 Å². The molecule has 218 valence electrons. The van der Waals surface area contributed by atoms with Gasteiger partial charge in [-0.25, -0.2) is 9.48 Å². The minimum absolute atomic E-state index is 0.0173. The molecule has 5 rings (SSSR count). The number of nitrogens with one attached hydrogen (secondary N) is 1. The topological polar surface area (TPSA) is 135 Å². The average Bonchev–Trinajstić information content (AvgIpc) is 3.47. The van der Waals surface area contributed by atoms with E-state index in [4.69, 9.17) is 25.0 Å². The van der Waals surface area contributed by atoms with Crippen molar-refractivity contribution in [1.29, 1.82) is 0 Å². The number of hydrogen-bond acceptors (Lipinski definition) is 7. The van der Waals surface area contributed by atoms with Gasteiger partial charge in [0.1, 0.15) is 17.5 Å². The van der Waals surface area contributed by atoms with Gasteiger partial charge in [-0.3, -0.25) is 9.59 Å². The number of nitrogens with zero attached hydrogens (tertiary/aromatic N) is 2. The number of carbonyl (C=O) groups is 3. The first-order valence-corrected chi connectivity index (χ1v) is 13.9. The van der Waals surface area contributed by atoms with E-state index in [2.05, 4.69) is 5.32 Å². The SMILES string of the molecule is COC(=O)C(NC(=O)c1cc(-c2c(OC)cccc2OC)n(-c2ccc(C(N)=O)c3ccccc23)n1)C1CCCCC1. The molecule has 2 amide bonds. The minimum Gasteiger partial charge on any atom is -0.496 e. The third kappa shape index (κ3) is 5.39. The van der Waals surface area contributed by atoms with Crippen LogP contribution in [-0.2, 0) is 9.53 Å². The summed E-state index contributed by atoms with van der Waals surface area (Å²) in [5.74, 6) is -0.541. The Morgan fingerprint density at radius 3 is 2.19 bits per heavy atom. The number of methoxy groups -OCH3 is 3. The zero-order chi connectivity index (χ0) is 29.8. The number of rotatable bonds is 9. The zero-order valence-corrected chi connectivity index (χ0v) is 23.9. The fourth-order valence-corrected chi connectivity index (χ4v) is 5.82. The number of aromatic nitrogens is 2. The smallest absolute Gasteiger partial charge is 0.328 e. The van der Waals surface area contributed by atoms with Gasteiger partial charge in [0.2, 0.25) is 5.91 Å². The summed E-state index contributed by atoms with van der Waals surface area (Å²) in [5, 5.41) is 8.99. The number of fused-ring (bicyclic) bond motifs is 1.